The van der Waals surface area contributed by atoms with Crippen LogP contribution in [0.2, 0.25) is 5.02 Å². The van der Waals surface area contributed by atoms with Gasteiger partial charge in [0.2, 0.25) is 5.91 Å². The Balaban J connectivity index is 1.61. The van der Waals surface area contributed by atoms with E-state index in [0.717, 1.165) is 6.07 Å². The fraction of sp³-hybridized carbons (Fsp3) is 0.500. The average molecular weight is 656 g/mol. The number of hydrogen-bond acceptors (Lipinski definition) is 4. The maximum atomic E-state index is 15.0. The van der Waals surface area contributed by atoms with Gasteiger partial charge in [0.1, 0.15) is 4.75 Å². The number of sulfone groups is 1. The molecule has 1 heterocycles. The summed E-state index contributed by atoms with van der Waals surface area (Å²) in [6.45, 7) is -0.0749. The van der Waals surface area contributed by atoms with Gasteiger partial charge in [-0.2, -0.15) is 26.3 Å². The van der Waals surface area contributed by atoms with Gasteiger partial charge in [0.05, 0.1) is 16.9 Å². The highest BCUT2D eigenvalue weighted by molar-refractivity contribution is 7.92. The van der Waals surface area contributed by atoms with Crippen LogP contribution in [0.5, 0.6) is 0 Å². The molecule has 0 spiro atoms. The molecule has 6 nitrogen and oxygen atoms in total. The molecular weight excluding hydrogens is 631 g/mol. The third kappa shape index (κ3) is 4.70. The highest BCUT2D eigenvalue weighted by Gasteiger charge is 2.74. The molecule has 2 aliphatic carbocycles. The first kappa shape index (κ1) is 31.6. The van der Waals surface area contributed by atoms with Gasteiger partial charge in [0.15, 0.2) is 9.84 Å². The number of benzene rings is 2. The molecule has 1 N–H and O–H groups in total. The number of alkyl halides is 7. The van der Waals surface area contributed by atoms with Gasteiger partial charge >= 0.3 is 24.0 Å². The lowest BCUT2D eigenvalue weighted by molar-refractivity contribution is -0.348. The summed E-state index contributed by atoms with van der Waals surface area (Å²) in [5.74, 6) is -2.74. The molecule has 1 saturated carbocycles. The number of carbonyl (C=O) groups excluding carboxylic acids is 1. The quantitative estimate of drug-likeness (QED) is 0.380. The Morgan fingerprint density at radius 2 is 1.44 bits per heavy atom. The first-order valence-electron chi connectivity index (χ1n) is 13.4. The molecule has 1 aliphatic heterocycles. The Morgan fingerprint density at radius 3 is 1.98 bits per heavy atom. The zero-order chi connectivity index (χ0) is 31.8. The Bertz CT molecular complexity index is 1540. The molecule has 2 unspecified atom stereocenters. The van der Waals surface area contributed by atoms with Crippen molar-refractivity contribution in [2.75, 3.05) is 6.54 Å². The zero-order valence-corrected chi connectivity index (χ0v) is 23.8. The number of amides is 1. The van der Waals surface area contributed by atoms with Crippen molar-refractivity contribution in [1.29, 1.82) is 0 Å². The second kappa shape index (κ2) is 10.4. The van der Waals surface area contributed by atoms with Gasteiger partial charge in [-0.05, 0) is 73.9 Å². The van der Waals surface area contributed by atoms with Gasteiger partial charge in [-0.1, -0.05) is 29.8 Å². The standard InChI is InChI=1S/C28H25ClF7NO5S/c29-19-6-8-20(9-7-19)43(41,42)25-11-12-37(23(38)15-1-3-16(4-2-15)24(39)40)22(25)14-17-13-18(5-10-21(17)25)26(30,27(31,32)33)28(34,35)36/h5-10,13,15-16,22H,1-4,11-12,14H2,(H,39,40)/t15-,16-,22?,25?. The number of nitrogens with zero attached hydrogens (tertiary/aromatic N) is 1. The van der Waals surface area contributed by atoms with E-state index in [-0.39, 0.29) is 59.7 Å². The van der Waals surface area contributed by atoms with E-state index in [9.17, 15) is 53.8 Å². The van der Waals surface area contributed by atoms with Crippen molar-refractivity contribution in [3.05, 3.63) is 64.2 Å². The van der Waals surface area contributed by atoms with E-state index in [0.29, 0.717) is 12.1 Å². The highest BCUT2D eigenvalue weighted by atomic mass is 35.5. The Morgan fingerprint density at radius 1 is 0.884 bits per heavy atom. The molecule has 1 amide bonds. The number of carbonyl (C=O) groups is 2. The van der Waals surface area contributed by atoms with Crippen molar-refractivity contribution in [3.8, 4) is 0 Å². The number of halogens is 8. The van der Waals surface area contributed by atoms with E-state index in [2.05, 4.69) is 0 Å². The van der Waals surface area contributed by atoms with E-state index in [1.165, 1.54) is 29.2 Å². The molecule has 2 atom stereocenters. The topological polar surface area (TPSA) is 91.8 Å². The lowest BCUT2D eigenvalue weighted by Gasteiger charge is -2.35. The van der Waals surface area contributed by atoms with Crippen LogP contribution in [0, 0.1) is 11.8 Å². The predicted octanol–water partition coefficient (Wildman–Crippen LogP) is 6.35. The van der Waals surface area contributed by atoms with Crippen LogP contribution >= 0.6 is 11.6 Å². The van der Waals surface area contributed by atoms with Crippen molar-refractivity contribution in [2.45, 2.75) is 72.2 Å². The average Bonchev–Trinajstić information content (AvgIpc) is 3.47. The van der Waals surface area contributed by atoms with Gasteiger partial charge in [-0.15, -0.1) is 0 Å². The van der Waals surface area contributed by atoms with E-state index < -0.39 is 74.3 Å². The molecule has 1 saturated heterocycles. The van der Waals surface area contributed by atoms with Crippen LogP contribution in [0.3, 0.4) is 0 Å². The van der Waals surface area contributed by atoms with E-state index in [1.54, 1.807) is 0 Å². The molecule has 0 radical (unpaired) electrons. The molecule has 0 aromatic heterocycles. The second-order valence-electron chi connectivity index (χ2n) is 11.3. The van der Waals surface area contributed by atoms with Crippen molar-refractivity contribution in [1.82, 2.24) is 4.90 Å². The summed E-state index contributed by atoms with van der Waals surface area (Å²) in [5.41, 5.74) is -7.81. The van der Waals surface area contributed by atoms with Crippen LogP contribution in [0.4, 0.5) is 30.7 Å². The molecule has 234 valence electrons. The molecule has 2 aromatic rings. The third-order valence-corrected chi connectivity index (χ3v) is 11.9. The van der Waals surface area contributed by atoms with E-state index >= 15 is 0 Å². The summed E-state index contributed by atoms with van der Waals surface area (Å²) in [5, 5.41) is 9.50. The van der Waals surface area contributed by atoms with E-state index in [1.807, 2.05) is 0 Å². The number of carboxylic acids is 1. The number of aliphatic carboxylic acids is 1. The van der Waals surface area contributed by atoms with E-state index in [4.69, 9.17) is 11.6 Å². The maximum absolute atomic E-state index is 15.0. The molecule has 43 heavy (non-hydrogen) atoms. The summed E-state index contributed by atoms with van der Waals surface area (Å²) < 4.78 is 123. The first-order valence-corrected chi connectivity index (χ1v) is 15.2. The summed E-state index contributed by atoms with van der Waals surface area (Å²) in [6.07, 6.45) is -12.5. The SMILES string of the molecule is O=C(O)[C@H]1CC[C@H](C(=O)N2CCC3(S(=O)(=O)c4ccc(Cl)cc4)c4ccc(C(F)(C(F)(F)F)C(F)(F)F)cc4CC23)CC1. The normalized spacial score (nSPS) is 26.2. The second-order valence-corrected chi connectivity index (χ2v) is 13.9. The number of hydrogen-bond donors (Lipinski definition) is 1. The largest absolute Gasteiger partial charge is 0.481 e. The third-order valence-electron chi connectivity index (χ3n) is 9.10. The molecule has 5 rings (SSSR count). The summed E-state index contributed by atoms with van der Waals surface area (Å²) in [4.78, 5) is 26.1. The van der Waals surface area contributed by atoms with Gasteiger partial charge in [-0.3, -0.25) is 9.59 Å². The molecule has 15 heteroatoms. The highest BCUT2D eigenvalue weighted by Crippen LogP contribution is 2.58. The Labute approximate surface area is 246 Å². The van der Waals surface area contributed by atoms with Crippen LogP contribution in [0.25, 0.3) is 0 Å². The van der Waals surface area contributed by atoms with Crippen LogP contribution in [-0.4, -0.2) is 55.2 Å². The van der Waals surface area contributed by atoms with Crippen LogP contribution < -0.4 is 0 Å². The van der Waals surface area contributed by atoms with Gasteiger partial charge in [-0.25, -0.2) is 12.8 Å². The lowest BCUT2D eigenvalue weighted by Crippen LogP contribution is -2.50. The summed E-state index contributed by atoms with van der Waals surface area (Å²) in [7, 11) is -4.46. The minimum atomic E-state index is -6.36. The lowest BCUT2D eigenvalue weighted by atomic mass is 9.81. The molecule has 3 aliphatic rings. The fourth-order valence-electron chi connectivity index (χ4n) is 6.90. The van der Waals surface area contributed by atoms with Crippen LogP contribution in [0.1, 0.15) is 48.8 Å². The minimum Gasteiger partial charge on any atom is -0.481 e. The molecule has 2 fully saturated rings. The van der Waals surface area contributed by atoms with Crippen molar-refractivity contribution in [2.24, 2.45) is 11.8 Å². The van der Waals surface area contributed by atoms with Crippen molar-refractivity contribution < 1.29 is 53.8 Å². The van der Waals surface area contributed by atoms with Crippen molar-refractivity contribution >= 4 is 33.3 Å². The summed E-state index contributed by atoms with van der Waals surface area (Å²) in [6, 6.07) is 5.32. The predicted molar refractivity (Wildman–Crippen MR) is 139 cm³/mol. The molecule has 0 bridgehead atoms. The number of likely N-dealkylation sites (tertiary alicyclic amines) is 1. The van der Waals surface area contributed by atoms with Crippen LogP contribution in [-0.2, 0) is 36.3 Å². The van der Waals surface area contributed by atoms with Crippen molar-refractivity contribution in [3.63, 3.8) is 0 Å². The molecule has 2 aromatic carbocycles. The number of fused-ring (bicyclic) bond motifs is 3. The van der Waals surface area contributed by atoms with Crippen LogP contribution in [0.15, 0.2) is 47.4 Å². The van der Waals surface area contributed by atoms with Gasteiger partial charge in [0, 0.05) is 23.0 Å². The van der Waals surface area contributed by atoms with Gasteiger partial charge < -0.3 is 10.0 Å². The summed E-state index contributed by atoms with van der Waals surface area (Å²) >= 11 is 5.92. The maximum Gasteiger partial charge on any atom is 0.435 e. The smallest absolute Gasteiger partial charge is 0.435 e. The Kier molecular flexibility index (Phi) is 7.60. The Hall–Kier alpha value is -2.87. The first-order chi connectivity index (χ1) is 19.9. The zero-order valence-electron chi connectivity index (χ0n) is 22.2. The number of rotatable bonds is 5. The van der Waals surface area contributed by atoms with Gasteiger partial charge in [0.25, 0.3) is 0 Å². The fourth-order valence-corrected chi connectivity index (χ4v) is 9.36. The monoisotopic (exact) mass is 655 g/mol. The number of carboxylic acid groups (broad SMARTS) is 1. The molecular formula is C28H25ClF7NO5S. The minimum absolute atomic E-state index is 0.0749.